The highest BCUT2D eigenvalue weighted by molar-refractivity contribution is 7.91. The molecule has 0 fully saturated rings. The number of imidazole rings is 1. The molecule has 1 aromatic heterocycles. The van der Waals surface area contributed by atoms with Gasteiger partial charge in [0.05, 0.1) is 29.6 Å². The van der Waals surface area contributed by atoms with Gasteiger partial charge >= 0.3 is 5.95 Å². The monoisotopic (exact) mass is 533 g/mol. The van der Waals surface area contributed by atoms with Crippen molar-refractivity contribution in [2.75, 3.05) is 11.2 Å². The molecule has 0 aliphatic rings. The van der Waals surface area contributed by atoms with Crippen LogP contribution in [-0.2, 0) is 16.9 Å². The largest absolute Gasteiger partial charge is 0.434 e. The van der Waals surface area contributed by atoms with Crippen LogP contribution in [0.15, 0.2) is 40.5 Å². The van der Waals surface area contributed by atoms with Gasteiger partial charge in [0.25, 0.3) is 0 Å². The van der Waals surface area contributed by atoms with Crippen LogP contribution in [0.5, 0.6) is 0 Å². The van der Waals surface area contributed by atoms with E-state index in [0.717, 1.165) is 12.8 Å². The third-order valence-electron chi connectivity index (χ3n) is 6.53. The van der Waals surface area contributed by atoms with Gasteiger partial charge in [-0.05, 0) is 35.6 Å². The lowest BCUT2D eigenvalue weighted by atomic mass is 10.0. The van der Waals surface area contributed by atoms with Gasteiger partial charge in [-0.3, -0.25) is 5.43 Å². The van der Waals surface area contributed by atoms with E-state index in [2.05, 4.69) is 22.4 Å². The van der Waals surface area contributed by atoms with Gasteiger partial charge in [-0.1, -0.05) is 95.4 Å². The number of hydrogen-bond acceptors (Lipinski definition) is 7. The Morgan fingerprint density at radius 2 is 1.43 bits per heavy atom. The molecule has 2 rings (SSSR count). The zero-order valence-corrected chi connectivity index (χ0v) is 23.2. The maximum absolute atomic E-state index is 12.6. The first kappa shape index (κ1) is 30.5. The minimum Gasteiger partial charge on any atom is -0.390 e. The van der Waals surface area contributed by atoms with Crippen molar-refractivity contribution in [3.63, 3.8) is 0 Å². The fourth-order valence-electron chi connectivity index (χ4n) is 4.22. The topological polar surface area (TPSA) is 119 Å². The predicted molar refractivity (Wildman–Crippen MR) is 150 cm³/mol. The van der Waals surface area contributed by atoms with E-state index >= 15 is 0 Å². The summed E-state index contributed by atoms with van der Waals surface area (Å²) in [4.78, 5) is 14.3. The van der Waals surface area contributed by atoms with E-state index in [-0.39, 0.29) is 11.7 Å². The van der Waals surface area contributed by atoms with Gasteiger partial charge in [0.1, 0.15) is 6.20 Å². The van der Waals surface area contributed by atoms with E-state index in [1.807, 2.05) is 0 Å². The number of unbranched alkanes of at least 4 members (excludes halogenated alkanes) is 13. The normalized spacial score (nSPS) is 11.8. The Morgan fingerprint density at radius 3 is 1.92 bits per heavy atom. The highest BCUT2D eigenvalue weighted by Gasteiger charge is 2.16. The summed E-state index contributed by atoms with van der Waals surface area (Å²) in [7, 11) is -1.78. The molecule has 0 aliphatic heterocycles. The third kappa shape index (κ3) is 11.5. The number of aromatic nitrogens is 2. The zero-order chi connectivity index (χ0) is 26.9. The Kier molecular flexibility index (Phi) is 13.9. The first-order valence-electron chi connectivity index (χ1n) is 13.6. The lowest BCUT2D eigenvalue weighted by molar-refractivity contribution is -0.396. The molecule has 37 heavy (non-hydrogen) atoms. The minimum absolute atomic E-state index is 0.162. The molecule has 0 saturated carbocycles. The van der Waals surface area contributed by atoms with Gasteiger partial charge in [-0.2, -0.15) is 5.10 Å². The number of nitro groups is 1. The van der Waals surface area contributed by atoms with Crippen LogP contribution in [0.4, 0.5) is 11.6 Å². The van der Waals surface area contributed by atoms with Crippen molar-refractivity contribution < 1.29 is 13.3 Å². The van der Waals surface area contributed by atoms with E-state index in [0.29, 0.717) is 22.7 Å². The SMILES string of the molecule is CCCCCCCCCCCCCCCCS(=O)(=O)c1ccc(NN=Cc2cnc([N+](=O)[O-])n2C)cc1. The summed E-state index contributed by atoms with van der Waals surface area (Å²) in [5, 5.41) is 14.9. The molecule has 0 saturated heterocycles. The third-order valence-corrected chi connectivity index (χ3v) is 8.35. The molecule has 10 heteroatoms. The number of benzene rings is 1. The van der Waals surface area contributed by atoms with Crippen LogP contribution in [0, 0.1) is 10.1 Å². The molecule has 206 valence electrons. The summed E-state index contributed by atoms with van der Waals surface area (Å²) in [6.07, 6.45) is 20.1. The Labute approximate surface area is 221 Å². The van der Waals surface area contributed by atoms with Gasteiger partial charge in [0, 0.05) is 0 Å². The van der Waals surface area contributed by atoms with E-state index in [9.17, 15) is 18.5 Å². The van der Waals surface area contributed by atoms with Crippen molar-refractivity contribution >= 4 is 27.7 Å². The van der Waals surface area contributed by atoms with Gasteiger partial charge < -0.3 is 10.1 Å². The summed E-state index contributed by atoms with van der Waals surface area (Å²) in [5.41, 5.74) is 3.88. The van der Waals surface area contributed by atoms with Gasteiger partial charge in [0.2, 0.25) is 0 Å². The second-order valence-corrected chi connectivity index (χ2v) is 11.7. The van der Waals surface area contributed by atoms with Crippen LogP contribution >= 0.6 is 0 Å². The number of nitrogens with zero attached hydrogens (tertiary/aromatic N) is 4. The number of hydrazone groups is 1. The molecule has 0 bridgehead atoms. The Balaban J connectivity index is 1.60. The molecule has 9 nitrogen and oxygen atoms in total. The summed E-state index contributed by atoms with van der Waals surface area (Å²) >= 11 is 0. The highest BCUT2D eigenvalue weighted by atomic mass is 32.2. The Bertz CT molecular complexity index is 1060. The molecule has 0 aliphatic carbocycles. The number of nitrogens with one attached hydrogen (secondary N) is 1. The molecule has 1 heterocycles. The van der Waals surface area contributed by atoms with E-state index in [4.69, 9.17) is 0 Å². The molecular weight excluding hydrogens is 490 g/mol. The fourth-order valence-corrected chi connectivity index (χ4v) is 5.59. The smallest absolute Gasteiger partial charge is 0.390 e. The zero-order valence-electron chi connectivity index (χ0n) is 22.4. The maximum Gasteiger partial charge on any atom is 0.434 e. The van der Waals surface area contributed by atoms with Crippen molar-refractivity contribution in [3.8, 4) is 0 Å². The lowest BCUT2D eigenvalue weighted by Gasteiger charge is -2.06. The van der Waals surface area contributed by atoms with Crippen molar-refractivity contribution in [2.45, 2.75) is 102 Å². The molecular formula is C27H43N5O4S. The van der Waals surface area contributed by atoms with Crippen LogP contribution in [0.3, 0.4) is 0 Å². The van der Waals surface area contributed by atoms with Crippen LogP contribution in [0.25, 0.3) is 0 Å². The number of hydrogen-bond donors (Lipinski definition) is 1. The fraction of sp³-hybridized carbons (Fsp3) is 0.630. The Hall–Kier alpha value is -2.75. The van der Waals surface area contributed by atoms with Gasteiger partial charge in [-0.15, -0.1) is 0 Å². The molecule has 0 radical (unpaired) electrons. The van der Waals surface area contributed by atoms with Gasteiger partial charge in [0.15, 0.2) is 15.5 Å². The number of sulfone groups is 1. The second kappa shape index (κ2) is 16.9. The summed E-state index contributed by atoms with van der Waals surface area (Å²) in [6, 6.07) is 6.46. The summed E-state index contributed by atoms with van der Waals surface area (Å²) in [6.45, 7) is 2.25. The molecule has 0 spiro atoms. The second-order valence-electron chi connectivity index (χ2n) is 9.61. The maximum atomic E-state index is 12.6. The van der Waals surface area contributed by atoms with Crippen molar-refractivity contribution in [3.05, 3.63) is 46.3 Å². The van der Waals surface area contributed by atoms with Gasteiger partial charge in [-0.25, -0.2) is 13.0 Å². The summed E-state index contributed by atoms with van der Waals surface area (Å²) in [5.74, 6) is -0.107. The molecule has 0 unspecified atom stereocenters. The van der Waals surface area contributed by atoms with Crippen molar-refractivity contribution in [1.82, 2.24) is 9.55 Å². The molecule has 0 amide bonds. The predicted octanol–water partition coefficient (Wildman–Crippen LogP) is 7.03. The van der Waals surface area contributed by atoms with Crippen LogP contribution in [0.1, 0.15) is 103 Å². The quantitative estimate of drug-likeness (QED) is 0.0844. The molecule has 1 aromatic carbocycles. The van der Waals surface area contributed by atoms with E-state index in [1.165, 1.54) is 94.7 Å². The average Bonchev–Trinajstić information content (AvgIpc) is 3.25. The van der Waals surface area contributed by atoms with E-state index < -0.39 is 14.8 Å². The minimum atomic E-state index is -3.31. The van der Waals surface area contributed by atoms with Crippen LogP contribution < -0.4 is 5.43 Å². The number of anilines is 1. The summed E-state index contributed by atoms with van der Waals surface area (Å²) < 4.78 is 26.6. The molecule has 1 N–H and O–H groups in total. The molecule has 0 atom stereocenters. The first-order chi connectivity index (χ1) is 17.8. The van der Waals surface area contributed by atoms with Crippen LogP contribution in [-0.4, -0.2) is 34.9 Å². The number of rotatable bonds is 20. The van der Waals surface area contributed by atoms with Crippen molar-refractivity contribution in [1.29, 1.82) is 0 Å². The van der Waals surface area contributed by atoms with Crippen LogP contribution in [0.2, 0.25) is 0 Å². The first-order valence-corrected chi connectivity index (χ1v) is 15.3. The lowest BCUT2D eigenvalue weighted by Crippen LogP contribution is -2.07. The highest BCUT2D eigenvalue weighted by Crippen LogP contribution is 2.18. The van der Waals surface area contributed by atoms with Crippen molar-refractivity contribution in [2.24, 2.45) is 12.1 Å². The average molecular weight is 534 g/mol. The molecule has 2 aromatic rings. The Morgan fingerprint density at radius 1 is 0.919 bits per heavy atom. The van der Waals surface area contributed by atoms with E-state index in [1.54, 1.807) is 24.3 Å². The standard InChI is InChI=1S/C27H43N5O4S/c1-3-4-5-6-7-8-9-10-11-12-13-14-15-16-21-37(35,36)26-19-17-24(18-20-26)30-29-23-25-22-28-27(31(25)2)32(33)34/h17-20,22-23,30H,3-16,21H2,1-2H3.